The molecule has 0 radical (unpaired) electrons. The number of nitrogens with zero attached hydrogens (tertiary/aromatic N) is 2. The molecule has 5 heteroatoms. The fourth-order valence-corrected chi connectivity index (χ4v) is 7.44. The molecule has 7 rings (SSSR count). The van der Waals surface area contributed by atoms with Crippen molar-refractivity contribution in [2.24, 2.45) is 15.7 Å². The number of fused-ring (bicyclic) bond motifs is 8. The van der Waals surface area contributed by atoms with Crippen molar-refractivity contribution in [1.82, 2.24) is 0 Å². The number of rotatable bonds is 3. The van der Waals surface area contributed by atoms with Crippen LogP contribution in [-0.4, -0.2) is 12.2 Å². The Kier molecular flexibility index (Phi) is 5.88. The zero-order chi connectivity index (χ0) is 25.5. The first-order valence-corrected chi connectivity index (χ1v) is 14.1. The molecule has 182 valence electrons. The molecule has 0 aromatic heterocycles. The quantitative estimate of drug-likeness (QED) is 0.143. The third kappa shape index (κ3) is 4.05. The van der Waals surface area contributed by atoms with Gasteiger partial charge >= 0.3 is 0 Å². The summed E-state index contributed by atoms with van der Waals surface area (Å²) in [6, 6.07) is 38.8. The molecule has 0 fully saturated rings. The molecule has 1 heterocycles. The van der Waals surface area contributed by atoms with E-state index in [1.807, 2.05) is 23.5 Å². The van der Waals surface area contributed by atoms with Crippen LogP contribution in [0, 0.1) is 0 Å². The lowest BCUT2D eigenvalue weighted by Crippen LogP contribution is -2.02. The smallest absolute Gasteiger partial charge is 0.156 e. The van der Waals surface area contributed by atoms with Gasteiger partial charge in [0, 0.05) is 25.1 Å². The molecule has 3 nitrogen and oxygen atoms in total. The minimum Gasteiger partial charge on any atom is -0.390 e. The molecule has 0 spiro atoms. The van der Waals surface area contributed by atoms with Crippen LogP contribution in [0.15, 0.2) is 139 Å². The van der Waals surface area contributed by atoms with Crippen molar-refractivity contribution < 1.29 is 0 Å². The van der Waals surface area contributed by atoms with Crippen LogP contribution >= 0.6 is 23.5 Å². The SMILES string of the molecule is NC=NC(=NCc1ccc2c(c1)Sc1ccccc1S2)c1ccc2c3ccccc3c3ccccc3c2c1. The second-order valence-corrected chi connectivity index (χ2v) is 11.4. The molecule has 6 aromatic rings. The van der Waals surface area contributed by atoms with Crippen LogP contribution in [0.1, 0.15) is 11.1 Å². The van der Waals surface area contributed by atoms with Crippen molar-refractivity contribution in [3.8, 4) is 0 Å². The minimum absolute atomic E-state index is 0.531. The highest BCUT2D eigenvalue weighted by molar-refractivity contribution is 8.05. The van der Waals surface area contributed by atoms with E-state index in [0.717, 1.165) is 11.1 Å². The Balaban J connectivity index is 1.28. The van der Waals surface area contributed by atoms with E-state index in [0.29, 0.717) is 12.4 Å². The predicted molar refractivity (Wildman–Crippen MR) is 163 cm³/mol. The summed E-state index contributed by atoms with van der Waals surface area (Å²) in [5.74, 6) is 0.636. The largest absolute Gasteiger partial charge is 0.390 e. The van der Waals surface area contributed by atoms with Crippen LogP contribution in [0.4, 0.5) is 0 Å². The van der Waals surface area contributed by atoms with E-state index in [1.54, 1.807) is 0 Å². The summed E-state index contributed by atoms with van der Waals surface area (Å²) in [6.45, 7) is 0.531. The van der Waals surface area contributed by atoms with Crippen LogP contribution < -0.4 is 5.73 Å². The summed E-state index contributed by atoms with van der Waals surface area (Å²) in [4.78, 5) is 14.6. The van der Waals surface area contributed by atoms with Gasteiger partial charge in [-0.1, -0.05) is 102 Å². The van der Waals surface area contributed by atoms with Gasteiger partial charge < -0.3 is 5.73 Å². The fourth-order valence-electron chi connectivity index (χ4n) is 5.16. The number of hydrogen-bond acceptors (Lipinski definition) is 3. The highest BCUT2D eigenvalue weighted by atomic mass is 32.2. The molecular formula is C33H23N3S2. The van der Waals surface area contributed by atoms with E-state index in [2.05, 4.69) is 114 Å². The molecule has 2 N–H and O–H groups in total. The van der Waals surface area contributed by atoms with Gasteiger partial charge in [0.15, 0.2) is 5.84 Å². The third-order valence-corrected chi connectivity index (χ3v) is 9.45. The number of aliphatic imine (C=N–C) groups is 2. The third-order valence-electron chi connectivity index (χ3n) is 6.91. The second kappa shape index (κ2) is 9.67. The number of amidine groups is 1. The summed E-state index contributed by atoms with van der Waals surface area (Å²) in [5.41, 5.74) is 7.88. The van der Waals surface area contributed by atoms with E-state index in [-0.39, 0.29) is 0 Å². The molecule has 0 atom stereocenters. The summed E-state index contributed by atoms with van der Waals surface area (Å²) < 4.78 is 0. The Morgan fingerprint density at radius 1 is 0.579 bits per heavy atom. The lowest BCUT2D eigenvalue weighted by molar-refractivity contribution is 1.03. The minimum atomic E-state index is 0.531. The van der Waals surface area contributed by atoms with Gasteiger partial charge in [0.1, 0.15) is 0 Å². The van der Waals surface area contributed by atoms with Crippen molar-refractivity contribution in [2.75, 3.05) is 0 Å². The Bertz CT molecular complexity index is 1890. The van der Waals surface area contributed by atoms with Crippen molar-refractivity contribution in [3.63, 3.8) is 0 Å². The van der Waals surface area contributed by atoms with Crippen molar-refractivity contribution in [2.45, 2.75) is 26.1 Å². The molecule has 0 aliphatic carbocycles. The molecule has 6 aromatic carbocycles. The van der Waals surface area contributed by atoms with Crippen LogP contribution in [0.25, 0.3) is 32.3 Å². The highest BCUT2D eigenvalue weighted by Gasteiger charge is 2.17. The van der Waals surface area contributed by atoms with Gasteiger partial charge in [0.25, 0.3) is 0 Å². The number of benzene rings is 6. The normalized spacial score (nSPS) is 13.3. The topological polar surface area (TPSA) is 50.7 Å². The van der Waals surface area contributed by atoms with Crippen molar-refractivity contribution in [1.29, 1.82) is 0 Å². The van der Waals surface area contributed by atoms with Crippen LogP contribution in [0.2, 0.25) is 0 Å². The van der Waals surface area contributed by atoms with Crippen molar-refractivity contribution in [3.05, 3.63) is 120 Å². The van der Waals surface area contributed by atoms with Gasteiger partial charge in [-0.05, 0) is 68.2 Å². The Labute approximate surface area is 229 Å². The average Bonchev–Trinajstić information content (AvgIpc) is 2.98. The molecule has 0 saturated carbocycles. The zero-order valence-electron chi connectivity index (χ0n) is 20.5. The molecule has 0 saturated heterocycles. The van der Waals surface area contributed by atoms with Crippen LogP contribution in [0.3, 0.4) is 0 Å². The zero-order valence-corrected chi connectivity index (χ0v) is 22.1. The molecule has 0 unspecified atom stereocenters. The fraction of sp³-hybridized carbons (Fsp3) is 0.0303. The molecule has 1 aliphatic rings. The average molecular weight is 526 g/mol. The van der Waals surface area contributed by atoms with E-state index in [1.165, 1.54) is 58.2 Å². The standard InChI is InChI=1S/C33H23N3S2/c34-20-36-33(35-19-21-13-16-31-32(17-21)38-30-12-6-5-11-29(30)37-31)22-14-15-27-25-9-2-1-7-23(25)24-8-3-4-10-26(24)28(27)18-22/h1-18,20H,19H2,(H2,34,35,36). The molecule has 0 bridgehead atoms. The maximum Gasteiger partial charge on any atom is 0.156 e. The van der Waals surface area contributed by atoms with Gasteiger partial charge in [-0.2, -0.15) is 0 Å². The van der Waals surface area contributed by atoms with Crippen LogP contribution in [0.5, 0.6) is 0 Å². The lowest BCUT2D eigenvalue weighted by atomic mass is 9.93. The Morgan fingerprint density at radius 2 is 1.13 bits per heavy atom. The number of hydrogen-bond donors (Lipinski definition) is 1. The first kappa shape index (κ1) is 23.1. The van der Waals surface area contributed by atoms with E-state index in [4.69, 9.17) is 10.7 Å². The molecular weight excluding hydrogens is 503 g/mol. The maximum atomic E-state index is 5.77. The molecule has 38 heavy (non-hydrogen) atoms. The lowest BCUT2D eigenvalue weighted by Gasteiger charge is -2.18. The Hall–Kier alpha value is -4.06. The highest BCUT2D eigenvalue weighted by Crippen LogP contribution is 2.48. The second-order valence-electron chi connectivity index (χ2n) is 9.20. The monoisotopic (exact) mass is 525 g/mol. The van der Waals surface area contributed by atoms with Gasteiger partial charge in [0.2, 0.25) is 0 Å². The van der Waals surface area contributed by atoms with Crippen LogP contribution in [-0.2, 0) is 6.54 Å². The van der Waals surface area contributed by atoms with E-state index >= 15 is 0 Å². The van der Waals surface area contributed by atoms with Gasteiger partial charge in [-0.25, -0.2) is 4.99 Å². The summed E-state index contributed by atoms with van der Waals surface area (Å²) in [6.07, 6.45) is 1.33. The summed E-state index contributed by atoms with van der Waals surface area (Å²) in [5, 5.41) is 7.41. The first-order valence-electron chi connectivity index (χ1n) is 12.5. The molecule has 0 amide bonds. The van der Waals surface area contributed by atoms with E-state index in [9.17, 15) is 0 Å². The summed E-state index contributed by atoms with van der Waals surface area (Å²) >= 11 is 3.65. The van der Waals surface area contributed by atoms with Gasteiger partial charge in [-0.15, -0.1) is 0 Å². The predicted octanol–water partition coefficient (Wildman–Crippen LogP) is 8.70. The van der Waals surface area contributed by atoms with E-state index < -0.39 is 0 Å². The first-order chi connectivity index (χ1) is 18.8. The Morgan fingerprint density at radius 3 is 1.79 bits per heavy atom. The maximum absolute atomic E-state index is 5.77. The summed E-state index contributed by atoms with van der Waals surface area (Å²) in [7, 11) is 0. The molecule has 1 aliphatic heterocycles. The number of nitrogens with two attached hydrogens (primary N) is 1. The van der Waals surface area contributed by atoms with Crippen molar-refractivity contribution >= 4 is 68.0 Å². The van der Waals surface area contributed by atoms with Gasteiger partial charge in [0.05, 0.1) is 12.9 Å². The van der Waals surface area contributed by atoms with Gasteiger partial charge in [-0.3, -0.25) is 4.99 Å².